The van der Waals surface area contributed by atoms with Crippen LogP contribution in [0.5, 0.6) is 0 Å². The molecule has 0 heterocycles. The minimum absolute atomic E-state index is 0.141. The Morgan fingerprint density at radius 3 is 1.67 bits per heavy atom. The van der Waals surface area contributed by atoms with Crippen LogP contribution in [0.4, 0.5) is 0 Å². The van der Waals surface area contributed by atoms with Crippen molar-refractivity contribution in [3.05, 3.63) is 0 Å². The first-order valence-corrected chi connectivity index (χ1v) is 4.76. The van der Waals surface area contributed by atoms with E-state index in [1.165, 1.54) is 0 Å². The van der Waals surface area contributed by atoms with Gasteiger partial charge in [0.2, 0.25) is 0 Å². The molecule has 0 rings (SSSR count). The van der Waals surface area contributed by atoms with Gasteiger partial charge in [-0.3, -0.25) is 9.59 Å². The molecule has 2 nitrogen and oxygen atoms in total. The molecule has 0 aromatic rings. The number of alkyl halides is 1. The highest BCUT2D eigenvalue weighted by Crippen LogP contribution is 2.07. The lowest BCUT2D eigenvalue weighted by Gasteiger charge is -2.04. The monoisotopic (exact) mass is 190 g/mol. The number of hydrogen-bond acceptors (Lipinski definition) is 2. The summed E-state index contributed by atoms with van der Waals surface area (Å²) in [5.74, 6) is -0.282. The molecule has 0 aliphatic carbocycles. The highest BCUT2D eigenvalue weighted by Gasteiger charge is 2.21. The molecule has 0 aromatic carbocycles. The second kappa shape index (κ2) is 6.18. The number of Topliss-reactive ketones (excluding diaryl/α,β-unsaturated/α-hetero) is 2. The van der Waals surface area contributed by atoms with Crippen molar-refractivity contribution >= 4 is 23.2 Å². The molecule has 0 fully saturated rings. The van der Waals surface area contributed by atoms with E-state index in [2.05, 4.69) is 0 Å². The number of ketones is 2. The number of rotatable bonds is 6. The van der Waals surface area contributed by atoms with Gasteiger partial charge in [-0.2, -0.15) is 0 Å². The van der Waals surface area contributed by atoms with Crippen LogP contribution in [0.25, 0.3) is 0 Å². The van der Waals surface area contributed by atoms with Crippen LogP contribution in [-0.2, 0) is 9.59 Å². The first-order valence-electron chi connectivity index (χ1n) is 4.33. The summed E-state index contributed by atoms with van der Waals surface area (Å²) in [7, 11) is 0. The van der Waals surface area contributed by atoms with Gasteiger partial charge < -0.3 is 0 Å². The van der Waals surface area contributed by atoms with Gasteiger partial charge in [0.25, 0.3) is 0 Å². The van der Waals surface area contributed by atoms with E-state index in [1.54, 1.807) is 0 Å². The maximum Gasteiger partial charge on any atom is 0.158 e. The van der Waals surface area contributed by atoms with Gasteiger partial charge in [-0.1, -0.05) is 13.8 Å². The Kier molecular flexibility index (Phi) is 5.99. The van der Waals surface area contributed by atoms with Gasteiger partial charge >= 0.3 is 0 Å². The maximum absolute atomic E-state index is 11.1. The predicted octanol–water partition coefficient (Wildman–Crippen LogP) is 2.33. The van der Waals surface area contributed by atoms with E-state index in [0.29, 0.717) is 12.8 Å². The minimum atomic E-state index is -0.898. The standard InChI is InChI=1S/C9H15ClO2/c1-3-5-7(11)9(10)8(12)6-4-2/h9H,3-6H2,1-2H3. The Balaban J connectivity index is 3.91. The molecule has 0 unspecified atom stereocenters. The molecule has 0 saturated carbocycles. The first kappa shape index (κ1) is 11.6. The minimum Gasteiger partial charge on any atom is -0.298 e. The molecule has 0 saturated heterocycles. The molecule has 0 aliphatic heterocycles. The Morgan fingerprint density at radius 2 is 1.42 bits per heavy atom. The Hall–Kier alpha value is -0.370. The maximum atomic E-state index is 11.1. The van der Waals surface area contributed by atoms with Crippen molar-refractivity contribution < 1.29 is 9.59 Å². The molecule has 0 spiro atoms. The van der Waals surface area contributed by atoms with Gasteiger partial charge in [0.15, 0.2) is 16.9 Å². The Morgan fingerprint density at radius 1 is 1.08 bits per heavy atom. The quantitative estimate of drug-likeness (QED) is 0.476. The van der Waals surface area contributed by atoms with Crippen molar-refractivity contribution in [3.63, 3.8) is 0 Å². The van der Waals surface area contributed by atoms with Crippen molar-refractivity contribution in [1.29, 1.82) is 0 Å². The van der Waals surface area contributed by atoms with E-state index >= 15 is 0 Å². The SMILES string of the molecule is CCCC(=O)C(Cl)C(=O)CCC. The normalized spacial score (nSPS) is 10.3. The second-order valence-corrected chi connectivity index (χ2v) is 3.23. The highest BCUT2D eigenvalue weighted by atomic mass is 35.5. The molecule has 0 aliphatic rings. The zero-order chi connectivity index (χ0) is 9.56. The van der Waals surface area contributed by atoms with Crippen molar-refractivity contribution in [3.8, 4) is 0 Å². The summed E-state index contributed by atoms with van der Waals surface area (Å²) in [6.07, 6.45) is 2.32. The third kappa shape index (κ3) is 3.86. The van der Waals surface area contributed by atoms with E-state index in [-0.39, 0.29) is 11.6 Å². The van der Waals surface area contributed by atoms with Crippen molar-refractivity contribution in [1.82, 2.24) is 0 Å². The fourth-order valence-corrected chi connectivity index (χ4v) is 1.14. The molecule has 3 heteroatoms. The van der Waals surface area contributed by atoms with Gasteiger partial charge in [0.05, 0.1) is 0 Å². The fraction of sp³-hybridized carbons (Fsp3) is 0.778. The Labute approximate surface area is 78.3 Å². The van der Waals surface area contributed by atoms with Gasteiger partial charge in [-0.15, -0.1) is 11.6 Å². The fourth-order valence-electron chi connectivity index (χ4n) is 0.926. The van der Waals surface area contributed by atoms with E-state index in [0.717, 1.165) is 12.8 Å². The highest BCUT2D eigenvalue weighted by molar-refractivity contribution is 6.42. The molecular weight excluding hydrogens is 176 g/mol. The summed E-state index contributed by atoms with van der Waals surface area (Å²) in [5.41, 5.74) is 0. The van der Waals surface area contributed by atoms with Crippen LogP contribution in [0.3, 0.4) is 0 Å². The third-order valence-corrected chi connectivity index (χ3v) is 2.04. The summed E-state index contributed by atoms with van der Waals surface area (Å²) in [5, 5.41) is -0.898. The number of carbonyl (C=O) groups excluding carboxylic acids is 2. The molecule has 0 bridgehead atoms. The average Bonchev–Trinajstić information content (AvgIpc) is 2.04. The van der Waals surface area contributed by atoms with Gasteiger partial charge in [0, 0.05) is 12.8 Å². The van der Waals surface area contributed by atoms with E-state index in [4.69, 9.17) is 11.6 Å². The van der Waals surface area contributed by atoms with E-state index in [9.17, 15) is 9.59 Å². The number of halogens is 1. The smallest absolute Gasteiger partial charge is 0.158 e. The summed E-state index contributed by atoms with van der Waals surface area (Å²) >= 11 is 5.64. The molecule has 0 amide bonds. The zero-order valence-corrected chi connectivity index (χ0v) is 8.36. The summed E-state index contributed by atoms with van der Waals surface area (Å²) in [6, 6.07) is 0. The van der Waals surface area contributed by atoms with Crippen LogP contribution in [0, 0.1) is 0 Å². The molecule has 12 heavy (non-hydrogen) atoms. The van der Waals surface area contributed by atoms with Crippen molar-refractivity contribution in [2.75, 3.05) is 0 Å². The van der Waals surface area contributed by atoms with Crippen molar-refractivity contribution in [2.45, 2.75) is 44.9 Å². The lowest BCUT2D eigenvalue weighted by atomic mass is 10.1. The summed E-state index contributed by atoms with van der Waals surface area (Å²) in [6.45, 7) is 3.79. The first-order chi connectivity index (χ1) is 5.63. The predicted molar refractivity (Wildman–Crippen MR) is 49.5 cm³/mol. The molecule has 70 valence electrons. The summed E-state index contributed by atoms with van der Waals surface area (Å²) < 4.78 is 0. The largest absolute Gasteiger partial charge is 0.298 e. The van der Waals surface area contributed by atoms with E-state index < -0.39 is 5.38 Å². The van der Waals surface area contributed by atoms with Gasteiger partial charge in [-0.05, 0) is 12.8 Å². The van der Waals surface area contributed by atoms with E-state index in [1.807, 2.05) is 13.8 Å². The van der Waals surface area contributed by atoms with Crippen LogP contribution in [0.15, 0.2) is 0 Å². The molecule has 0 radical (unpaired) electrons. The topological polar surface area (TPSA) is 34.1 Å². The van der Waals surface area contributed by atoms with Crippen molar-refractivity contribution in [2.24, 2.45) is 0 Å². The number of carbonyl (C=O) groups is 2. The van der Waals surface area contributed by atoms with Gasteiger partial charge in [0.1, 0.15) is 0 Å². The number of hydrogen-bond donors (Lipinski definition) is 0. The van der Waals surface area contributed by atoms with Crippen LogP contribution >= 0.6 is 11.6 Å². The second-order valence-electron chi connectivity index (χ2n) is 2.80. The lowest BCUT2D eigenvalue weighted by Crippen LogP contribution is -2.24. The third-order valence-electron chi connectivity index (χ3n) is 1.56. The molecule has 0 N–H and O–H groups in total. The van der Waals surface area contributed by atoms with Gasteiger partial charge in [-0.25, -0.2) is 0 Å². The van der Waals surface area contributed by atoms with Crippen LogP contribution < -0.4 is 0 Å². The Bertz CT molecular complexity index is 148. The summed E-state index contributed by atoms with van der Waals surface area (Å²) in [4.78, 5) is 22.2. The van der Waals surface area contributed by atoms with Crippen LogP contribution in [-0.4, -0.2) is 16.9 Å². The molecule has 0 aromatic heterocycles. The zero-order valence-electron chi connectivity index (χ0n) is 7.60. The average molecular weight is 191 g/mol. The van der Waals surface area contributed by atoms with Crippen LogP contribution in [0.2, 0.25) is 0 Å². The lowest BCUT2D eigenvalue weighted by molar-refractivity contribution is -0.126. The molecule has 0 atom stereocenters. The molecular formula is C9H15ClO2. The van der Waals surface area contributed by atoms with Crippen LogP contribution in [0.1, 0.15) is 39.5 Å².